The summed E-state index contributed by atoms with van der Waals surface area (Å²) in [5, 5.41) is 1.13. The van der Waals surface area contributed by atoms with Gasteiger partial charge in [-0.05, 0) is 26.3 Å². The summed E-state index contributed by atoms with van der Waals surface area (Å²) in [4.78, 5) is 14.7. The Balaban J connectivity index is 1.85. The largest absolute Gasteiger partial charge is 0.380 e. The molecule has 0 unspecified atom stereocenters. The minimum Gasteiger partial charge on any atom is -0.380 e. The summed E-state index contributed by atoms with van der Waals surface area (Å²) in [5.41, 5.74) is 2.95. The van der Waals surface area contributed by atoms with Crippen LogP contribution in [0.25, 0.3) is 0 Å². The van der Waals surface area contributed by atoms with E-state index in [-0.39, 0.29) is 12.1 Å². The Labute approximate surface area is 146 Å². The molecule has 124 valence electrons. The van der Waals surface area contributed by atoms with Crippen molar-refractivity contribution in [1.82, 2.24) is 19.9 Å². The van der Waals surface area contributed by atoms with Crippen molar-refractivity contribution >= 4 is 23.2 Å². The number of methoxy groups -OCH3 is 1. The molecule has 5 nitrogen and oxygen atoms in total. The minimum atomic E-state index is 0.167. The quantitative estimate of drug-likeness (QED) is 0.909. The third-order valence-electron chi connectivity index (χ3n) is 4.40. The molecule has 1 fully saturated rings. The summed E-state index contributed by atoms with van der Waals surface area (Å²) in [7, 11) is 1.75. The molecule has 0 bridgehead atoms. The fourth-order valence-electron chi connectivity index (χ4n) is 2.98. The number of hydrogen-bond donors (Lipinski definition) is 1. The molecule has 3 heterocycles. The van der Waals surface area contributed by atoms with Crippen molar-refractivity contribution in [2.45, 2.75) is 39.0 Å². The zero-order valence-corrected chi connectivity index (χ0v) is 14.9. The van der Waals surface area contributed by atoms with E-state index in [2.05, 4.69) is 19.9 Å². The van der Waals surface area contributed by atoms with Crippen molar-refractivity contribution < 1.29 is 4.74 Å². The number of ether oxygens (including phenoxy) is 1. The maximum absolute atomic E-state index is 6.27. The van der Waals surface area contributed by atoms with Crippen molar-refractivity contribution in [2.24, 2.45) is 0 Å². The number of rotatable bonds is 4. The predicted molar refractivity (Wildman–Crippen MR) is 90.9 cm³/mol. The molecule has 1 N–H and O–H groups in total. The van der Waals surface area contributed by atoms with Crippen LogP contribution in [0.1, 0.15) is 35.4 Å². The van der Waals surface area contributed by atoms with Gasteiger partial charge in [0.25, 0.3) is 0 Å². The van der Waals surface area contributed by atoms with Crippen LogP contribution in [-0.4, -0.2) is 39.6 Å². The van der Waals surface area contributed by atoms with E-state index in [1.54, 1.807) is 19.4 Å². The SMILES string of the molecule is CO[C@@H]1C[C@@H](c2nc(C)c(C)[nH]2)N(Cc2ncc(Cl)cc2Cl)C1. The molecule has 0 aliphatic carbocycles. The highest BCUT2D eigenvalue weighted by Gasteiger charge is 2.35. The first-order valence-electron chi connectivity index (χ1n) is 7.57. The first-order valence-corrected chi connectivity index (χ1v) is 8.33. The zero-order chi connectivity index (χ0) is 16.6. The van der Waals surface area contributed by atoms with E-state index in [0.717, 1.165) is 35.9 Å². The molecule has 7 heteroatoms. The number of hydrogen-bond acceptors (Lipinski definition) is 4. The third kappa shape index (κ3) is 3.53. The molecule has 0 saturated carbocycles. The number of nitrogens with one attached hydrogen (secondary N) is 1. The van der Waals surface area contributed by atoms with E-state index < -0.39 is 0 Å². The van der Waals surface area contributed by atoms with Crippen LogP contribution in [0.5, 0.6) is 0 Å². The number of pyridine rings is 1. The van der Waals surface area contributed by atoms with Gasteiger partial charge in [0.15, 0.2) is 0 Å². The number of likely N-dealkylation sites (tertiary alicyclic amines) is 1. The van der Waals surface area contributed by atoms with Crippen LogP contribution in [0.15, 0.2) is 12.3 Å². The van der Waals surface area contributed by atoms with Crippen LogP contribution in [0.2, 0.25) is 10.0 Å². The van der Waals surface area contributed by atoms with E-state index in [9.17, 15) is 0 Å². The molecule has 23 heavy (non-hydrogen) atoms. The standard InChI is InChI=1S/C16H20Cl2N4O/c1-9-10(2)21-16(20-9)15-5-12(23-3)7-22(15)8-14-13(18)4-11(17)6-19-14/h4,6,12,15H,5,7-8H2,1-3H3,(H,20,21)/t12-,15+/m1/s1. The molecular formula is C16H20Cl2N4O. The molecule has 2 atom stereocenters. The van der Waals surface area contributed by atoms with Crippen molar-refractivity contribution in [3.8, 4) is 0 Å². The fraction of sp³-hybridized carbons (Fsp3) is 0.500. The van der Waals surface area contributed by atoms with Gasteiger partial charge in [-0.15, -0.1) is 0 Å². The first-order chi connectivity index (χ1) is 11.0. The number of aromatic amines is 1. The highest BCUT2D eigenvalue weighted by Crippen LogP contribution is 2.34. The summed E-state index contributed by atoms with van der Waals surface area (Å²) in [5.74, 6) is 0.977. The van der Waals surface area contributed by atoms with Crippen molar-refractivity contribution in [1.29, 1.82) is 0 Å². The topological polar surface area (TPSA) is 54.0 Å². The Hall–Kier alpha value is -1.14. The molecule has 0 spiro atoms. The summed E-state index contributed by atoms with van der Waals surface area (Å²) < 4.78 is 5.56. The van der Waals surface area contributed by atoms with Gasteiger partial charge >= 0.3 is 0 Å². The molecule has 0 aromatic carbocycles. The summed E-state index contributed by atoms with van der Waals surface area (Å²) in [6.45, 7) is 5.51. The normalized spacial score (nSPS) is 22.0. The van der Waals surface area contributed by atoms with E-state index >= 15 is 0 Å². The van der Waals surface area contributed by atoms with Gasteiger partial charge in [-0.3, -0.25) is 9.88 Å². The summed E-state index contributed by atoms with van der Waals surface area (Å²) in [6.07, 6.45) is 2.70. The van der Waals surface area contributed by atoms with Crippen molar-refractivity contribution in [3.63, 3.8) is 0 Å². The zero-order valence-electron chi connectivity index (χ0n) is 13.4. The van der Waals surface area contributed by atoms with Gasteiger partial charge in [0.05, 0.1) is 33.6 Å². The molecule has 0 amide bonds. The van der Waals surface area contributed by atoms with Crippen LogP contribution in [0.3, 0.4) is 0 Å². The maximum atomic E-state index is 6.27. The van der Waals surface area contributed by atoms with E-state index in [4.69, 9.17) is 27.9 Å². The fourth-order valence-corrected chi connectivity index (χ4v) is 3.42. The van der Waals surface area contributed by atoms with Crippen molar-refractivity contribution in [3.05, 3.63) is 45.2 Å². The molecule has 1 saturated heterocycles. The van der Waals surface area contributed by atoms with Crippen molar-refractivity contribution in [2.75, 3.05) is 13.7 Å². The van der Waals surface area contributed by atoms with Crippen LogP contribution in [-0.2, 0) is 11.3 Å². The molecular weight excluding hydrogens is 335 g/mol. The van der Waals surface area contributed by atoms with Crippen LogP contribution in [0, 0.1) is 13.8 Å². The summed E-state index contributed by atoms with van der Waals surface area (Å²) >= 11 is 12.2. The number of H-pyrrole nitrogens is 1. The van der Waals surface area contributed by atoms with Gasteiger partial charge < -0.3 is 9.72 Å². The van der Waals surface area contributed by atoms with E-state index in [0.29, 0.717) is 16.6 Å². The molecule has 0 radical (unpaired) electrons. The first kappa shape index (κ1) is 16.7. The lowest BCUT2D eigenvalue weighted by Gasteiger charge is -2.22. The predicted octanol–water partition coefficient (Wildman–Crippen LogP) is 3.69. The van der Waals surface area contributed by atoms with Crippen LogP contribution in [0.4, 0.5) is 0 Å². The van der Waals surface area contributed by atoms with Crippen LogP contribution < -0.4 is 0 Å². The second kappa shape index (κ2) is 6.77. The second-order valence-electron chi connectivity index (χ2n) is 5.95. The number of halogens is 2. The van der Waals surface area contributed by atoms with E-state index in [1.807, 2.05) is 13.8 Å². The second-order valence-corrected chi connectivity index (χ2v) is 6.80. The molecule has 3 rings (SSSR count). The van der Waals surface area contributed by atoms with Gasteiger partial charge in [0.1, 0.15) is 5.82 Å². The maximum Gasteiger partial charge on any atom is 0.124 e. The highest BCUT2D eigenvalue weighted by atomic mass is 35.5. The van der Waals surface area contributed by atoms with Gasteiger partial charge in [-0.1, -0.05) is 23.2 Å². The molecule has 1 aliphatic rings. The number of imidazole rings is 1. The average molecular weight is 355 g/mol. The molecule has 2 aromatic rings. The Kier molecular flexibility index (Phi) is 4.92. The molecule has 1 aliphatic heterocycles. The number of aryl methyl sites for hydroxylation is 2. The van der Waals surface area contributed by atoms with Gasteiger partial charge in [0.2, 0.25) is 0 Å². The summed E-state index contributed by atoms with van der Waals surface area (Å²) in [6, 6.07) is 1.90. The lowest BCUT2D eigenvalue weighted by atomic mass is 10.2. The lowest BCUT2D eigenvalue weighted by molar-refractivity contribution is 0.107. The third-order valence-corrected chi connectivity index (χ3v) is 4.93. The lowest BCUT2D eigenvalue weighted by Crippen LogP contribution is -2.26. The van der Waals surface area contributed by atoms with Gasteiger partial charge in [-0.25, -0.2) is 4.98 Å². The minimum absolute atomic E-state index is 0.167. The average Bonchev–Trinajstić information content (AvgIpc) is 3.06. The smallest absolute Gasteiger partial charge is 0.124 e. The highest BCUT2D eigenvalue weighted by molar-refractivity contribution is 6.34. The Morgan fingerprint density at radius 2 is 2.17 bits per heavy atom. The number of aromatic nitrogens is 3. The Morgan fingerprint density at radius 3 is 2.78 bits per heavy atom. The molecule has 2 aromatic heterocycles. The Morgan fingerprint density at radius 1 is 1.39 bits per heavy atom. The van der Waals surface area contributed by atoms with Gasteiger partial charge in [-0.2, -0.15) is 0 Å². The van der Waals surface area contributed by atoms with Gasteiger partial charge in [0, 0.05) is 32.1 Å². The monoisotopic (exact) mass is 354 g/mol. The van der Waals surface area contributed by atoms with Crippen LogP contribution >= 0.6 is 23.2 Å². The number of nitrogens with zero attached hydrogens (tertiary/aromatic N) is 3. The Bertz CT molecular complexity index is 684. The van der Waals surface area contributed by atoms with E-state index in [1.165, 1.54) is 0 Å².